The van der Waals surface area contributed by atoms with Gasteiger partial charge < -0.3 is 25.6 Å². The quantitative estimate of drug-likeness (QED) is 0.0543. The number of ether oxygens (including phenoxy) is 1. The standard InChI is InChI=1S/C36H31FN6O4.CH2O2/c1-19-20(7-10-33(45)42-46)5-8-26(35(19)40)27-14-25-11-24(27)18-43(25)36-28(16-39)34(22-3-4-23(15-38)30(37)12-22)29(17-41-36)21-6-9-31(44)32(13-21)47-2;2-1-3/h3-10,12-13,17,24-25,27,44,46H,11,14,18,40H2,1-2H3,(H,42,45);1H,(H,2,3)/b10-7+;. The Bertz CT molecular complexity index is 2090. The molecule has 2 heterocycles. The zero-order chi connectivity index (χ0) is 36.1. The number of benzene rings is 3. The van der Waals surface area contributed by atoms with Crippen LogP contribution in [0, 0.1) is 41.3 Å². The summed E-state index contributed by atoms with van der Waals surface area (Å²) in [4.78, 5) is 26.8. The Morgan fingerprint density at radius 3 is 2.50 bits per heavy atom. The van der Waals surface area contributed by atoms with Crippen LogP contribution in [-0.2, 0) is 9.59 Å². The first-order valence-corrected chi connectivity index (χ1v) is 15.5. The minimum atomic E-state index is -0.699. The number of carbonyl (C=O) groups is 2. The van der Waals surface area contributed by atoms with Crippen molar-refractivity contribution in [2.24, 2.45) is 5.92 Å². The predicted molar refractivity (Wildman–Crippen MR) is 183 cm³/mol. The van der Waals surface area contributed by atoms with Crippen LogP contribution in [0.5, 0.6) is 11.5 Å². The SMILES string of the molecule is COc1cc(-c2cnc(N3CC4CC3CC4c3ccc(/C=C/C(=O)NO)c(C)c3N)c(C#N)c2-c2ccc(C#N)c(F)c2)ccc1O.O=CO. The van der Waals surface area contributed by atoms with Gasteiger partial charge in [-0.05, 0) is 89.8 Å². The van der Waals surface area contributed by atoms with Gasteiger partial charge in [0.05, 0.1) is 12.7 Å². The molecular formula is C37H33FN6O6. The number of carbonyl (C=O) groups excluding carboxylic acids is 1. The second-order valence-corrected chi connectivity index (χ2v) is 11.9. The first-order chi connectivity index (χ1) is 24.1. The maximum atomic E-state index is 15.0. The number of piperidine rings is 1. The number of phenols is 1. The normalized spacial score (nSPS) is 17.4. The highest BCUT2D eigenvalue weighted by molar-refractivity contribution is 5.92. The van der Waals surface area contributed by atoms with Crippen molar-refractivity contribution in [1.82, 2.24) is 10.5 Å². The number of nitrogens with zero attached hydrogens (tertiary/aromatic N) is 4. The van der Waals surface area contributed by atoms with Crippen molar-refractivity contribution in [3.05, 3.63) is 94.4 Å². The molecule has 0 spiro atoms. The maximum absolute atomic E-state index is 15.0. The van der Waals surface area contributed by atoms with Gasteiger partial charge in [-0.2, -0.15) is 10.5 Å². The Morgan fingerprint density at radius 1 is 1.14 bits per heavy atom. The Hall–Kier alpha value is -6.44. The lowest BCUT2D eigenvalue weighted by atomic mass is 9.84. The molecule has 4 aromatic rings. The molecule has 1 aliphatic carbocycles. The van der Waals surface area contributed by atoms with Gasteiger partial charge in [0, 0.05) is 41.7 Å². The van der Waals surface area contributed by atoms with E-state index < -0.39 is 11.7 Å². The summed E-state index contributed by atoms with van der Waals surface area (Å²) < 4.78 is 20.3. The number of methoxy groups -OCH3 is 1. The summed E-state index contributed by atoms with van der Waals surface area (Å²) in [5, 5.41) is 45.8. The molecule has 3 aromatic carbocycles. The zero-order valence-electron chi connectivity index (χ0n) is 27.1. The fourth-order valence-electron chi connectivity index (χ4n) is 7.02. The summed E-state index contributed by atoms with van der Waals surface area (Å²) >= 11 is 0. The molecule has 2 aliphatic rings. The number of rotatable bonds is 7. The number of carboxylic acid groups (broad SMARTS) is 1. The molecule has 3 atom stereocenters. The van der Waals surface area contributed by atoms with Crippen molar-refractivity contribution in [2.45, 2.75) is 31.7 Å². The van der Waals surface area contributed by atoms with Gasteiger partial charge in [-0.25, -0.2) is 14.9 Å². The van der Waals surface area contributed by atoms with Crippen LogP contribution >= 0.6 is 0 Å². The summed E-state index contributed by atoms with van der Waals surface area (Å²) in [7, 11) is 1.44. The highest BCUT2D eigenvalue weighted by atomic mass is 19.1. The lowest BCUT2D eigenvalue weighted by Gasteiger charge is -2.34. The molecule has 254 valence electrons. The average Bonchev–Trinajstić information content (AvgIpc) is 3.73. The second-order valence-electron chi connectivity index (χ2n) is 11.9. The summed E-state index contributed by atoms with van der Waals surface area (Å²) in [6.07, 6.45) is 6.17. The van der Waals surface area contributed by atoms with Gasteiger partial charge in [0.1, 0.15) is 29.3 Å². The number of nitriles is 2. The van der Waals surface area contributed by atoms with Gasteiger partial charge >= 0.3 is 0 Å². The summed E-state index contributed by atoms with van der Waals surface area (Å²) in [6.45, 7) is 2.29. The smallest absolute Gasteiger partial charge is 0.290 e. The highest BCUT2D eigenvalue weighted by Crippen LogP contribution is 2.52. The van der Waals surface area contributed by atoms with Crippen molar-refractivity contribution in [1.29, 1.82) is 10.5 Å². The number of nitrogens with two attached hydrogens (primary N) is 1. The van der Waals surface area contributed by atoms with E-state index in [1.165, 1.54) is 31.4 Å². The lowest BCUT2D eigenvalue weighted by molar-refractivity contribution is -0.124. The van der Waals surface area contributed by atoms with E-state index in [0.29, 0.717) is 40.3 Å². The third kappa shape index (κ3) is 6.50. The number of fused-ring (bicyclic) bond motifs is 2. The fourth-order valence-corrected chi connectivity index (χ4v) is 7.02. The lowest BCUT2D eigenvalue weighted by Crippen LogP contribution is -2.36. The van der Waals surface area contributed by atoms with Crippen LogP contribution in [-0.4, -0.2) is 52.5 Å². The Morgan fingerprint density at radius 2 is 1.88 bits per heavy atom. The molecule has 1 aromatic heterocycles. The number of halogens is 1. The van der Waals surface area contributed by atoms with Crippen LogP contribution in [0.15, 0.2) is 60.8 Å². The fraction of sp³-hybridized carbons (Fsp3) is 0.216. The average molecular weight is 677 g/mol. The summed E-state index contributed by atoms with van der Waals surface area (Å²) in [5.41, 5.74) is 13.7. The van der Waals surface area contributed by atoms with E-state index in [2.05, 4.69) is 11.0 Å². The Balaban J connectivity index is 0.00000156. The number of amides is 1. The van der Waals surface area contributed by atoms with E-state index in [9.17, 15) is 24.8 Å². The van der Waals surface area contributed by atoms with Crippen LogP contribution in [0.1, 0.15) is 46.6 Å². The third-order valence-electron chi connectivity index (χ3n) is 9.37. The highest BCUT2D eigenvalue weighted by Gasteiger charge is 2.47. The van der Waals surface area contributed by atoms with Crippen molar-refractivity contribution in [2.75, 3.05) is 24.3 Å². The number of hydrogen-bond donors (Lipinski definition) is 5. The number of nitrogen functional groups attached to an aromatic ring is 1. The molecule has 2 bridgehead atoms. The van der Waals surface area contributed by atoms with Gasteiger partial charge in [0.2, 0.25) is 0 Å². The Labute approximate surface area is 287 Å². The molecule has 0 radical (unpaired) electrons. The number of hydroxylamine groups is 1. The first-order valence-electron chi connectivity index (χ1n) is 15.5. The minimum absolute atomic E-state index is 0.0500. The topological polar surface area (TPSA) is 206 Å². The number of aromatic hydroxyl groups is 1. The van der Waals surface area contributed by atoms with Crippen LogP contribution in [0.4, 0.5) is 15.9 Å². The second kappa shape index (κ2) is 14.8. The number of nitrogens with one attached hydrogen (secondary N) is 1. The largest absolute Gasteiger partial charge is 0.504 e. The van der Waals surface area contributed by atoms with Gasteiger partial charge in [-0.1, -0.05) is 24.3 Å². The number of pyridine rings is 1. The van der Waals surface area contributed by atoms with Crippen molar-refractivity contribution in [3.8, 4) is 45.9 Å². The van der Waals surface area contributed by atoms with E-state index in [-0.39, 0.29) is 47.0 Å². The molecule has 13 heteroatoms. The third-order valence-corrected chi connectivity index (χ3v) is 9.37. The summed E-state index contributed by atoms with van der Waals surface area (Å²) in [6, 6.07) is 17.2. The number of anilines is 2. The molecular weight excluding hydrogens is 643 g/mol. The van der Waals surface area contributed by atoms with Gasteiger partial charge in [-0.3, -0.25) is 14.8 Å². The number of hydrogen-bond acceptors (Lipinski definition) is 10. The molecule has 1 saturated heterocycles. The van der Waals surface area contributed by atoms with Crippen molar-refractivity contribution < 1.29 is 34.1 Å². The van der Waals surface area contributed by atoms with Gasteiger partial charge in [-0.15, -0.1) is 0 Å². The molecule has 6 N–H and O–H groups in total. The van der Waals surface area contributed by atoms with E-state index in [0.717, 1.165) is 29.5 Å². The van der Waals surface area contributed by atoms with Crippen LogP contribution in [0.2, 0.25) is 0 Å². The first kappa shape index (κ1) is 34.9. The zero-order valence-corrected chi connectivity index (χ0v) is 27.1. The minimum Gasteiger partial charge on any atom is -0.504 e. The van der Waals surface area contributed by atoms with Crippen molar-refractivity contribution in [3.63, 3.8) is 0 Å². The van der Waals surface area contributed by atoms with Crippen LogP contribution in [0.25, 0.3) is 28.3 Å². The van der Waals surface area contributed by atoms with Gasteiger partial charge in [0.25, 0.3) is 12.4 Å². The maximum Gasteiger partial charge on any atom is 0.290 e. The van der Waals surface area contributed by atoms with Crippen LogP contribution in [0.3, 0.4) is 0 Å². The molecule has 1 amide bonds. The van der Waals surface area contributed by atoms with Crippen LogP contribution < -0.4 is 20.9 Å². The number of phenolic OH excluding ortho intramolecular Hbond substituents is 1. The molecule has 1 saturated carbocycles. The Kier molecular flexibility index (Phi) is 10.3. The van der Waals surface area contributed by atoms with E-state index in [4.69, 9.17) is 30.6 Å². The summed E-state index contributed by atoms with van der Waals surface area (Å²) in [5.74, 6) is -0.210. The molecule has 1 aliphatic heterocycles. The molecule has 12 nitrogen and oxygen atoms in total. The molecule has 3 unspecified atom stereocenters. The van der Waals surface area contributed by atoms with Gasteiger partial charge in [0.15, 0.2) is 11.5 Å². The molecule has 6 rings (SSSR count). The van der Waals surface area contributed by atoms with Crippen molar-refractivity contribution >= 4 is 30.0 Å². The predicted octanol–water partition coefficient (Wildman–Crippen LogP) is 5.50. The van der Waals surface area contributed by atoms with E-state index in [1.54, 1.807) is 36.0 Å². The molecule has 50 heavy (non-hydrogen) atoms. The molecule has 2 fully saturated rings. The van der Waals surface area contributed by atoms with E-state index in [1.807, 2.05) is 25.1 Å². The number of aromatic nitrogens is 1. The van der Waals surface area contributed by atoms with E-state index >= 15 is 0 Å². The monoisotopic (exact) mass is 676 g/mol.